The van der Waals surface area contributed by atoms with Gasteiger partial charge in [0.2, 0.25) is 23.6 Å². The fourth-order valence-electron chi connectivity index (χ4n) is 5.67. The molecule has 0 spiro atoms. The second-order valence-electron chi connectivity index (χ2n) is 13.5. The van der Waals surface area contributed by atoms with Crippen LogP contribution in [0.4, 0.5) is 0 Å². The molecule has 0 heterocycles. The van der Waals surface area contributed by atoms with Crippen molar-refractivity contribution >= 4 is 31.2 Å². The number of aliphatic hydroxyl groups excluding tert-OH is 2. The lowest BCUT2D eigenvalue weighted by Gasteiger charge is -2.30. The van der Waals surface area contributed by atoms with Gasteiger partial charge in [0, 0.05) is 19.4 Å². The van der Waals surface area contributed by atoms with Gasteiger partial charge in [0.15, 0.2) is 5.78 Å². The maximum absolute atomic E-state index is 15.1. The van der Waals surface area contributed by atoms with E-state index in [-0.39, 0.29) is 55.5 Å². The van der Waals surface area contributed by atoms with E-state index >= 15 is 4.57 Å². The average Bonchev–Trinajstić information content (AvgIpc) is 3.28. The normalized spacial score (nSPS) is 13.1. The predicted molar refractivity (Wildman–Crippen MR) is 227 cm³/mol. The molecular weight excluding hydrogens is 825 g/mol. The molecule has 4 unspecified atom stereocenters. The summed E-state index contributed by atoms with van der Waals surface area (Å²) in [5.41, 5.74) is 6.18. The molecule has 0 bridgehead atoms. The van der Waals surface area contributed by atoms with Crippen LogP contribution in [0.25, 0.3) is 0 Å². The Morgan fingerprint density at radius 3 is 1.53 bits per heavy atom. The van der Waals surface area contributed by atoms with E-state index in [9.17, 15) is 34.5 Å². The van der Waals surface area contributed by atoms with Crippen LogP contribution in [0, 0.1) is 0 Å². The molecule has 0 fully saturated rings. The Balaban J connectivity index is 1.49. The third-order valence-corrected chi connectivity index (χ3v) is 10.8. The Hall–Kier alpha value is -5.85. The first-order chi connectivity index (χ1) is 30.0. The fraction of sp³-hybridized carbons (Fsp3) is 0.349. The van der Waals surface area contributed by atoms with Crippen LogP contribution in [-0.2, 0) is 44.4 Å². The van der Waals surface area contributed by atoms with E-state index in [0.29, 0.717) is 31.9 Å². The van der Waals surface area contributed by atoms with Crippen molar-refractivity contribution in [2.24, 2.45) is 5.73 Å². The van der Waals surface area contributed by atoms with Crippen molar-refractivity contribution in [2.75, 3.05) is 59.4 Å². The van der Waals surface area contributed by atoms with Crippen molar-refractivity contribution < 1.29 is 62.3 Å². The topological polar surface area (TPSA) is 266 Å². The first kappa shape index (κ1) is 48.8. The molecule has 18 nitrogen and oxygen atoms in total. The maximum Gasteiger partial charge on any atom is 0.457 e. The maximum atomic E-state index is 15.1. The number of para-hydroxylation sites is 2. The van der Waals surface area contributed by atoms with E-state index in [0.717, 1.165) is 0 Å². The van der Waals surface area contributed by atoms with Crippen molar-refractivity contribution in [3.8, 4) is 17.2 Å². The van der Waals surface area contributed by atoms with Crippen LogP contribution in [0.2, 0.25) is 0 Å². The molecule has 62 heavy (non-hydrogen) atoms. The smallest absolute Gasteiger partial charge is 0.457 e. The standard InChI is InChI=1S/C43H54N5O13P/c44-21-23-58-25-27-59-26-24-57-22-20-39(52)45-37(29-49)41(54)47-38(30-50)42(55)46-36(28-31-10-4-1-5-11-31)40(53)48-43(32-16-18-33(51)19-17-32)62(56,60-34-12-6-2-7-13-34)61-35-14-8-3-9-15-35/h1-19,36-38,43,49-51H,20-30,44H2,(H,45,52)(H,46,55)(H,47,54)(H,48,53). The molecule has 4 rings (SSSR count). The SMILES string of the molecule is NCCOCCOCCOCCC(=O)NC(CO)C(=O)NC(CO)C(=O)NC(Cc1ccccc1)C(=O)NC(c1ccc(O)cc1)P(=O)(Oc1ccccc1)Oc1ccccc1. The van der Waals surface area contributed by atoms with Crippen molar-refractivity contribution in [1.82, 2.24) is 21.3 Å². The van der Waals surface area contributed by atoms with Gasteiger partial charge in [0.05, 0.1) is 52.9 Å². The van der Waals surface area contributed by atoms with Crippen LogP contribution in [0.1, 0.15) is 23.3 Å². The Kier molecular flexibility index (Phi) is 20.8. The molecule has 4 amide bonds. The number of ether oxygens (including phenoxy) is 3. The van der Waals surface area contributed by atoms with E-state index < -0.39 is 68.3 Å². The summed E-state index contributed by atoms with van der Waals surface area (Å²) in [5.74, 6) is -4.79. The molecule has 0 aliphatic rings. The van der Waals surface area contributed by atoms with Crippen LogP contribution in [0.15, 0.2) is 115 Å². The van der Waals surface area contributed by atoms with Gasteiger partial charge in [-0.1, -0.05) is 78.9 Å². The highest BCUT2D eigenvalue weighted by atomic mass is 31.2. The van der Waals surface area contributed by atoms with E-state index in [4.69, 9.17) is 29.0 Å². The summed E-state index contributed by atoms with van der Waals surface area (Å²) >= 11 is 0. The molecule has 9 N–H and O–H groups in total. The van der Waals surface area contributed by atoms with Crippen molar-refractivity contribution in [3.05, 3.63) is 126 Å². The number of nitrogens with two attached hydrogens (primary N) is 1. The van der Waals surface area contributed by atoms with E-state index in [1.807, 2.05) is 0 Å². The average molecular weight is 880 g/mol. The molecule has 19 heteroatoms. The molecule has 334 valence electrons. The summed E-state index contributed by atoms with van der Waals surface area (Å²) in [4.78, 5) is 53.9. The lowest BCUT2D eigenvalue weighted by atomic mass is 10.0. The van der Waals surface area contributed by atoms with Crippen molar-refractivity contribution in [1.29, 1.82) is 0 Å². The largest absolute Gasteiger partial charge is 0.508 e. The van der Waals surface area contributed by atoms with Crippen molar-refractivity contribution in [2.45, 2.75) is 36.8 Å². The van der Waals surface area contributed by atoms with Gasteiger partial charge >= 0.3 is 7.60 Å². The Morgan fingerprint density at radius 2 is 1.02 bits per heavy atom. The third-order valence-electron chi connectivity index (χ3n) is 8.80. The number of nitrogens with one attached hydrogen (secondary N) is 4. The van der Waals surface area contributed by atoms with Gasteiger partial charge in [0.25, 0.3) is 0 Å². The van der Waals surface area contributed by atoms with Gasteiger partial charge in [-0.15, -0.1) is 0 Å². The monoisotopic (exact) mass is 879 g/mol. The minimum Gasteiger partial charge on any atom is -0.508 e. The lowest BCUT2D eigenvalue weighted by Crippen LogP contribution is -2.59. The van der Waals surface area contributed by atoms with Crippen molar-refractivity contribution in [3.63, 3.8) is 0 Å². The van der Waals surface area contributed by atoms with Crippen LogP contribution >= 0.6 is 7.60 Å². The number of carbonyl (C=O) groups excluding carboxylic acids is 4. The number of benzene rings is 4. The number of phenols is 1. The summed E-state index contributed by atoms with van der Waals surface area (Å²) in [6, 6.07) is 25.9. The van der Waals surface area contributed by atoms with E-state index in [1.165, 1.54) is 24.3 Å². The molecule has 4 aromatic rings. The second-order valence-corrected chi connectivity index (χ2v) is 15.5. The number of carbonyl (C=O) groups is 4. The zero-order valence-electron chi connectivity index (χ0n) is 34.0. The highest BCUT2D eigenvalue weighted by Gasteiger charge is 2.43. The Labute approximate surface area is 359 Å². The van der Waals surface area contributed by atoms with Crippen LogP contribution in [0.5, 0.6) is 17.2 Å². The zero-order valence-corrected chi connectivity index (χ0v) is 34.9. The summed E-state index contributed by atoms with van der Waals surface area (Å²) in [5, 5.41) is 40.2. The molecule has 4 aromatic carbocycles. The van der Waals surface area contributed by atoms with Crippen LogP contribution < -0.4 is 36.0 Å². The molecule has 0 radical (unpaired) electrons. The van der Waals surface area contributed by atoms with E-state index in [2.05, 4.69) is 21.3 Å². The number of hydrogen-bond acceptors (Lipinski definition) is 14. The van der Waals surface area contributed by atoms with Crippen LogP contribution in [-0.4, -0.2) is 116 Å². The summed E-state index contributed by atoms with van der Waals surface area (Å²) in [6.07, 6.45) is -0.267. The first-order valence-corrected chi connectivity index (χ1v) is 21.4. The number of phenolic OH excluding ortho intramolecular Hbond substituents is 1. The lowest BCUT2D eigenvalue weighted by molar-refractivity contribution is -0.135. The predicted octanol–water partition coefficient (Wildman–Crippen LogP) is 1.94. The zero-order chi connectivity index (χ0) is 44.6. The molecule has 0 aliphatic carbocycles. The first-order valence-electron chi connectivity index (χ1n) is 19.8. The highest BCUT2D eigenvalue weighted by Crippen LogP contribution is 2.59. The number of hydrogen-bond donors (Lipinski definition) is 8. The minimum atomic E-state index is -4.51. The number of amides is 4. The number of rotatable bonds is 28. The minimum absolute atomic E-state index is 0.00894. The molecule has 4 atom stereocenters. The number of aromatic hydroxyl groups is 1. The Bertz CT molecular complexity index is 1950. The summed E-state index contributed by atoms with van der Waals surface area (Å²) in [6.45, 7) is 0.258. The molecule has 0 saturated heterocycles. The quantitative estimate of drug-likeness (QED) is 0.0300. The molecule has 0 saturated carbocycles. The van der Waals surface area contributed by atoms with Gasteiger partial charge in [-0.05, 0) is 47.5 Å². The second kappa shape index (κ2) is 26.5. The number of aliphatic hydroxyl groups is 2. The van der Waals surface area contributed by atoms with E-state index in [1.54, 1.807) is 91.0 Å². The van der Waals surface area contributed by atoms with Gasteiger partial charge in [-0.2, -0.15) is 0 Å². The molecular formula is C43H54N5O13P. The van der Waals surface area contributed by atoms with Gasteiger partial charge in [-0.3, -0.25) is 19.2 Å². The molecule has 0 aromatic heterocycles. The van der Waals surface area contributed by atoms with Crippen LogP contribution in [0.3, 0.4) is 0 Å². The molecule has 0 aliphatic heterocycles. The fourth-order valence-corrected chi connectivity index (χ4v) is 7.57. The van der Waals surface area contributed by atoms with Gasteiger partial charge in [-0.25, -0.2) is 4.57 Å². The van der Waals surface area contributed by atoms with Gasteiger partial charge in [0.1, 0.15) is 35.4 Å². The summed E-state index contributed by atoms with van der Waals surface area (Å²) in [7, 11) is -4.51. The Morgan fingerprint density at radius 1 is 0.565 bits per heavy atom. The van der Waals surface area contributed by atoms with Gasteiger partial charge < -0.3 is 65.6 Å². The third kappa shape index (κ3) is 16.5. The highest BCUT2D eigenvalue weighted by molar-refractivity contribution is 7.55. The summed E-state index contributed by atoms with van der Waals surface area (Å²) < 4.78 is 43.2.